The molecule has 0 spiro atoms. The van der Waals surface area contributed by atoms with Crippen LogP contribution in [-0.2, 0) is 9.16 Å². The quantitative estimate of drug-likeness (QED) is 0.426. The van der Waals surface area contributed by atoms with E-state index in [9.17, 15) is 4.79 Å². The van der Waals surface area contributed by atoms with Crippen LogP contribution in [0.15, 0.2) is 72.8 Å². The third-order valence-corrected chi connectivity index (χ3v) is 11.4. The molecule has 0 aliphatic carbocycles. The van der Waals surface area contributed by atoms with Crippen molar-refractivity contribution in [1.82, 2.24) is 10.2 Å². The van der Waals surface area contributed by atoms with Crippen LogP contribution in [-0.4, -0.2) is 57.2 Å². The fourth-order valence-corrected chi connectivity index (χ4v) is 9.38. The molecule has 0 bridgehead atoms. The van der Waals surface area contributed by atoms with Gasteiger partial charge in [-0.15, -0.1) is 0 Å². The standard InChI is InChI=1S/C29H42N2O3Si/c1-28(2,3)34-27(32)30-20-22-31-21-14-13-15-24(31)23-33-35(29(4,5)6,25-16-9-7-10-17-25)26-18-11-8-12-19-26/h7-13,15-19,24H,14,20-23H2,1-6H3,(H,30,32)/t24-/m0/s1. The number of hydrogen-bond acceptors (Lipinski definition) is 4. The molecule has 1 atom stereocenters. The van der Waals surface area contributed by atoms with Crippen molar-refractivity contribution in [2.75, 3.05) is 26.2 Å². The normalized spacial score (nSPS) is 17.3. The molecule has 1 aliphatic heterocycles. The van der Waals surface area contributed by atoms with Gasteiger partial charge in [-0.1, -0.05) is 93.6 Å². The molecule has 3 rings (SSSR count). The van der Waals surface area contributed by atoms with Crippen LogP contribution in [0.5, 0.6) is 0 Å². The topological polar surface area (TPSA) is 50.8 Å². The molecule has 6 heteroatoms. The minimum absolute atomic E-state index is 0.0583. The van der Waals surface area contributed by atoms with Crippen molar-refractivity contribution in [3.05, 3.63) is 72.8 Å². The second-order valence-corrected chi connectivity index (χ2v) is 15.5. The molecule has 2 aromatic carbocycles. The smallest absolute Gasteiger partial charge is 0.407 e. The van der Waals surface area contributed by atoms with Crippen LogP contribution in [0.2, 0.25) is 5.04 Å². The summed E-state index contributed by atoms with van der Waals surface area (Å²) in [6.07, 6.45) is 5.14. The Bertz CT molecular complexity index is 925. The highest BCUT2D eigenvalue weighted by atomic mass is 28.4. The van der Waals surface area contributed by atoms with Gasteiger partial charge in [0.1, 0.15) is 5.60 Å². The highest BCUT2D eigenvalue weighted by Crippen LogP contribution is 2.37. The van der Waals surface area contributed by atoms with E-state index < -0.39 is 13.9 Å². The van der Waals surface area contributed by atoms with E-state index in [-0.39, 0.29) is 17.2 Å². The number of hydrogen-bond donors (Lipinski definition) is 1. The maximum Gasteiger partial charge on any atom is 0.407 e. The number of carbonyl (C=O) groups excluding carboxylic acids is 1. The zero-order valence-electron chi connectivity index (χ0n) is 22.2. The van der Waals surface area contributed by atoms with E-state index in [1.807, 2.05) is 20.8 Å². The predicted molar refractivity (Wildman–Crippen MR) is 147 cm³/mol. The third-order valence-electron chi connectivity index (χ3n) is 6.36. The van der Waals surface area contributed by atoms with Crippen LogP contribution in [0.4, 0.5) is 4.79 Å². The van der Waals surface area contributed by atoms with Crippen molar-refractivity contribution in [3.8, 4) is 0 Å². The van der Waals surface area contributed by atoms with E-state index in [1.165, 1.54) is 10.4 Å². The number of ether oxygens (including phenoxy) is 1. The number of alkyl carbamates (subject to hydrolysis) is 1. The van der Waals surface area contributed by atoms with E-state index in [4.69, 9.17) is 9.16 Å². The molecule has 35 heavy (non-hydrogen) atoms. The second kappa shape index (κ2) is 11.5. The lowest BCUT2D eigenvalue weighted by atomic mass is 10.1. The molecular weight excluding hydrogens is 452 g/mol. The maximum absolute atomic E-state index is 12.1. The molecule has 1 aliphatic rings. The van der Waals surface area contributed by atoms with Crippen LogP contribution in [0.1, 0.15) is 48.0 Å². The Balaban J connectivity index is 1.79. The van der Waals surface area contributed by atoms with Crippen LogP contribution in [0.25, 0.3) is 0 Å². The van der Waals surface area contributed by atoms with E-state index in [0.717, 1.165) is 19.5 Å². The van der Waals surface area contributed by atoms with Gasteiger partial charge < -0.3 is 14.5 Å². The van der Waals surface area contributed by atoms with Gasteiger partial charge in [0.15, 0.2) is 0 Å². The first-order valence-corrected chi connectivity index (χ1v) is 14.6. The summed E-state index contributed by atoms with van der Waals surface area (Å²) >= 11 is 0. The third kappa shape index (κ3) is 7.06. The Hall–Kier alpha value is -2.41. The Morgan fingerprint density at radius 1 is 0.971 bits per heavy atom. The summed E-state index contributed by atoms with van der Waals surface area (Å²) in [5, 5.41) is 5.42. The molecule has 0 fully saturated rings. The molecule has 0 saturated carbocycles. The van der Waals surface area contributed by atoms with Gasteiger partial charge in [0.05, 0.1) is 12.6 Å². The van der Waals surface area contributed by atoms with Crippen molar-refractivity contribution in [2.24, 2.45) is 0 Å². The fraction of sp³-hybridized carbons (Fsp3) is 0.483. The Morgan fingerprint density at radius 2 is 1.54 bits per heavy atom. The van der Waals surface area contributed by atoms with Crippen LogP contribution >= 0.6 is 0 Å². The molecule has 190 valence electrons. The molecule has 1 N–H and O–H groups in total. The van der Waals surface area contributed by atoms with E-state index in [2.05, 4.69) is 104 Å². The summed E-state index contributed by atoms with van der Waals surface area (Å²) < 4.78 is 12.5. The highest BCUT2D eigenvalue weighted by Gasteiger charge is 2.50. The summed E-state index contributed by atoms with van der Waals surface area (Å²) in [7, 11) is -2.59. The van der Waals surface area contributed by atoms with E-state index in [0.29, 0.717) is 13.2 Å². The van der Waals surface area contributed by atoms with Crippen molar-refractivity contribution in [2.45, 2.75) is 64.6 Å². The average Bonchev–Trinajstić information content (AvgIpc) is 2.80. The van der Waals surface area contributed by atoms with Gasteiger partial charge in [0, 0.05) is 19.6 Å². The number of amides is 1. The Morgan fingerprint density at radius 3 is 2.06 bits per heavy atom. The number of nitrogens with one attached hydrogen (secondary N) is 1. The molecule has 1 amide bonds. The first kappa shape index (κ1) is 27.2. The number of nitrogens with zero attached hydrogens (tertiary/aromatic N) is 1. The van der Waals surface area contributed by atoms with Crippen LogP contribution in [0, 0.1) is 0 Å². The molecule has 0 radical (unpaired) electrons. The van der Waals surface area contributed by atoms with Gasteiger partial charge >= 0.3 is 6.09 Å². The number of benzene rings is 2. The minimum atomic E-state index is -2.59. The summed E-state index contributed by atoms with van der Waals surface area (Å²) in [6.45, 7) is 15.4. The van der Waals surface area contributed by atoms with Crippen LogP contribution < -0.4 is 15.7 Å². The minimum Gasteiger partial charge on any atom is -0.444 e. The van der Waals surface area contributed by atoms with Crippen molar-refractivity contribution in [1.29, 1.82) is 0 Å². The van der Waals surface area contributed by atoms with Gasteiger partial charge in [-0.25, -0.2) is 4.79 Å². The first-order chi connectivity index (χ1) is 16.5. The Labute approximate surface area is 212 Å². The van der Waals surface area contributed by atoms with Gasteiger partial charge in [0.2, 0.25) is 0 Å². The highest BCUT2D eigenvalue weighted by molar-refractivity contribution is 6.99. The van der Waals surface area contributed by atoms with E-state index >= 15 is 0 Å². The van der Waals surface area contributed by atoms with Crippen molar-refractivity contribution >= 4 is 24.8 Å². The summed E-state index contributed by atoms with van der Waals surface area (Å²) in [6, 6.07) is 21.7. The molecule has 5 nitrogen and oxygen atoms in total. The summed E-state index contributed by atoms with van der Waals surface area (Å²) in [5.74, 6) is 0. The average molecular weight is 495 g/mol. The molecular formula is C29H42N2O3Si. The fourth-order valence-electron chi connectivity index (χ4n) is 4.81. The number of carbonyl (C=O) groups is 1. The lowest BCUT2D eigenvalue weighted by Crippen LogP contribution is -2.67. The SMILES string of the molecule is CC(C)(C)OC(=O)NCCN1CCC=C[C@H]1CO[Si](c1ccccc1)(c1ccccc1)C(C)(C)C. The van der Waals surface area contributed by atoms with Gasteiger partial charge in [0.25, 0.3) is 8.32 Å². The summed E-state index contributed by atoms with van der Waals surface area (Å²) in [5.41, 5.74) is -0.496. The summed E-state index contributed by atoms with van der Waals surface area (Å²) in [4.78, 5) is 14.5. The largest absolute Gasteiger partial charge is 0.444 e. The van der Waals surface area contributed by atoms with Gasteiger partial charge in [-0.05, 0) is 42.6 Å². The molecule has 0 aromatic heterocycles. The monoisotopic (exact) mass is 494 g/mol. The zero-order chi connectivity index (χ0) is 25.5. The van der Waals surface area contributed by atoms with Crippen LogP contribution in [0.3, 0.4) is 0 Å². The predicted octanol–water partition coefficient (Wildman–Crippen LogP) is 4.72. The van der Waals surface area contributed by atoms with Gasteiger partial charge in [-0.2, -0.15) is 0 Å². The molecule has 0 saturated heterocycles. The first-order valence-electron chi connectivity index (χ1n) is 12.7. The lowest BCUT2D eigenvalue weighted by Gasteiger charge is -2.44. The number of rotatable bonds is 8. The Kier molecular flexibility index (Phi) is 8.97. The van der Waals surface area contributed by atoms with Crippen molar-refractivity contribution in [3.63, 3.8) is 0 Å². The molecule has 0 unspecified atom stereocenters. The zero-order valence-corrected chi connectivity index (χ0v) is 23.2. The molecule has 1 heterocycles. The van der Waals surface area contributed by atoms with Gasteiger partial charge in [-0.3, -0.25) is 4.90 Å². The molecule has 2 aromatic rings. The lowest BCUT2D eigenvalue weighted by molar-refractivity contribution is 0.0517. The maximum atomic E-state index is 12.1. The second-order valence-electron chi connectivity index (χ2n) is 11.2. The van der Waals surface area contributed by atoms with Crippen molar-refractivity contribution < 1.29 is 14.0 Å². The van der Waals surface area contributed by atoms with E-state index in [1.54, 1.807) is 0 Å².